The second-order valence-corrected chi connectivity index (χ2v) is 8.24. The molecule has 1 aromatic heterocycles. The highest BCUT2D eigenvalue weighted by atomic mass is 35.5. The van der Waals surface area contributed by atoms with Gasteiger partial charge >= 0.3 is 0 Å². The van der Waals surface area contributed by atoms with Crippen molar-refractivity contribution in [3.63, 3.8) is 0 Å². The third-order valence-corrected chi connectivity index (χ3v) is 5.34. The van der Waals surface area contributed by atoms with E-state index in [9.17, 15) is 0 Å². The maximum absolute atomic E-state index is 6.45. The smallest absolute Gasteiger partial charge is 0.135 e. The Balaban J connectivity index is 1.95. The number of aryl methyl sites for hydroxylation is 1. The molecular formula is C20H26ClN3. The van der Waals surface area contributed by atoms with Crippen molar-refractivity contribution < 1.29 is 0 Å². The molecule has 1 heterocycles. The van der Waals surface area contributed by atoms with Crippen molar-refractivity contribution in [2.24, 2.45) is 11.3 Å². The van der Waals surface area contributed by atoms with Crippen LogP contribution >= 0.6 is 11.6 Å². The first-order valence-corrected chi connectivity index (χ1v) is 8.95. The number of halogens is 1. The van der Waals surface area contributed by atoms with Crippen LogP contribution < -0.4 is 5.73 Å². The fourth-order valence-electron chi connectivity index (χ4n) is 3.59. The highest BCUT2D eigenvalue weighted by molar-refractivity contribution is 6.30. The van der Waals surface area contributed by atoms with Crippen LogP contribution in [0.25, 0.3) is 11.3 Å². The molecule has 1 aromatic carbocycles. The van der Waals surface area contributed by atoms with Gasteiger partial charge in [0.05, 0.1) is 11.4 Å². The van der Waals surface area contributed by atoms with Crippen LogP contribution in [0.5, 0.6) is 0 Å². The Labute approximate surface area is 149 Å². The lowest BCUT2D eigenvalue weighted by Gasteiger charge is -2.33. The minimum absolute atomic E-state index is 0.355. The first-order chi connectivity index (χ1) is 11.3. The molecule has 1 aliphatic carbocycles. The molecule has 2 aromatic rings. The van der Waals surface area contributed by atoms with Crippen molar-refractivity contribution in [2.45, 2.75) is 47.0 Å². The van der Waals surface area contributed by atoms with Crippen LogP contribution in [0.4, 0.5) is 5.82 Å². The molecule has 1 aliphatic rings. The van der Waals surface area contributed by atoms with Crippen LogP contribution in [0.2, 0.25) is 5.02 Å². The van der Waals surface area contributed by atoms with Crippen LogP contribution in [0.15, 0.2) is 30.3 Å². The molecule has 2 N–H and O–H groups in total. The van der Waals surface area contributed by atoms with E-state index in [0.717, 1.165) is 35.7 Å². The van der Waals surface area contributed by atoms with E-state index in [2.05, 4.69) is 31.9 Å². The summed E-state index contributed by atoms with van der Waals surface area (Å²) in [5.74, 6) is 1.43. The number of allylic oxidation sites excluding steroid dienone is 2. The number of rotatable bonds is 2. The molecule has 0 aliphatic heterocycles. The van der Waals surface area contributed by atoms with Gasteiger partial charge in [-0.05, 0) is 61.3 Å². The lowest BCUT2D eigenvalue weighted by atomic mass is 9.72. The van der Waals surface area contributed by atoms with Crippen molar-refractivity contribution in [1.82, 2.24) is 9.78 Å². The molecule has 128 valence electrons. The lowest BCUT2D eigenvalue weighted by molar-refractivity contribution is 0.225. The average Bonchev–Trinajstić information content (AvgIpc) is 2.81. The van der Waals surface area contributed by atoms with E-state index < -0.39 is 0 Å². The van der Waals surface area contributed by atoms with E-state index in [0.29, 0.717) is 16.3 Å². The average molecular weight is 344 g/mol. The van der Waals surface area contributed by atoms with Gasteiger partial charge in [0, 0.05) is 10.6 Å². The van der Waals surface area contributed by atoms with Crippen molar-refractivity contribution in [3.05, 3.63) is 46.6 Å². The third-order valence-electron chi connectivity index (χ3n) is 5.11. The third kappa shape index (κ3) is 3.23. The standard InChI is InChI=1S/C20H26ClN3/c1-13-18(14-8-10-15(11-9-14)20(2,3)4)19(22)24(23-13)17-7-5-6-16(21)12-17/h5-8,12,15H,9-11,22H2,1-4H3. The Morgan fingerprint density at radius 2 is 2.04 bits per heavy atom. The molecule has 0 radical (unpaired) electrons. The van der Waals surface area contributed by atoms with Crippen molar-refractivity contribution >= 4 is 23.0 Å². The Kier molecular flexibility index (Phi) is 4.48. The van der Waals surface area contributed by atoms with E-state index in [1.165, 1.54) is 12.0 Å². The summed E-state index contributed by atoms with van der Waals surface area (Å²) >= 11 is 6.11. The van der Waals surface area contributed by atoms with Crippen LogP contribution in [-0.2, 0) is 0 Å². The lowest BCUT2D eigenvalue weighted by Crippen LogP contribution is -2.22. The Morgan fingerprint density at radius 3 is 2.62 bits per heavy atom. The zero-order valence-corrected chi connectivity index (χ0v) is 15.7. The van der Waals surface area contributed by atoms with Gasteiger partial charge in [-0.15, -0.1) is 0 Å². The number of anilines is 1. The SMILES string of the molecule is Cc1nn(-c2cccc(Cl)c2)c(N)c1C1=CCC(C(C)(C)C)CC1. The van der Waals surface area contributed by atoms with Crippen LogP contribution in [0.1, 0.15) is 51.3 Å². The van der Waals surface area contributed by atoms with Gasteiger partial charge in [-0.2, -0.15) is 5.10 Å². The van der Waals surface area contributed by atoms with E-state index in [4.69, 9.17) is 17.3 Å². The Morgan fingerprint density at radius 1 is 1.29 bits per heavy atom. The van der Waals surface area contributed by atoms with Crippen molar-refractivity contribution in [3.8, 4) is 5.69 Å². The van der Waals surface area contributed by atoms with Crippen molar-refractivity contribution in [2.75, 3.05) is 5.73 Å². The highest BCUT2D eigenvalue weighted by Gasteiger charge is 2.28. The quantitative estimate of drug-likeness (QED) is 0.766. The van der Waals surface area contributed by atoms with E-state index >= 15 is 0 Å². The predicted molar refractivity (Wildman–Crippen MR) is 102 cm³/mol. The van der Waals surface area contributed by atoms with Gasteiger partial charge in [0.1, 0.15) is 5.82 Å². The second-order valence-electron chi connectivity index (χ2n) is 7.80. The van der Waals surface area contributed by atoms with Gasteiger partial charge in [0.2, 0.25) is 0 Å². The maximum atomic E-state index is 6.45. The van der Waals surface area contributed by atoms with Gasteiger partial charge in [-0.1, -0.05) is 44.5 Å². The number of nitrogens with zero attached hydrogens (tertiary/aromatic N) is 2. The number of nitrogens with two attached hydrogens (primary N) is 1. The largest absolute Gasteiger partial charge is 0.383 e. The summed E-state index contributed by atoms with van der Waals surface area (Å²) in [5, 5.41) is 5.34. The molecule has 0 saturated heterocycles. The zero-order chi connectivity index (χ0) is 17.5. The molecule has 3 nitrogen and oxygen atoms in total. The molecule has 0 bridgehead atoms. The number of hydrogen-bond donors (Lipinski definition) is 1. The summed E-state index contributed by atoms with van der Waals surface area (Å²) in [6.45, 7) is 9.01. The fourth-order valence-corrected chi connectivity index (χ4v) is 3.78. The molecule has 4 heteroatoms. The molecule has 0 amide bonds. The normalized spacial score (nSPS) is 18.5. The number of nitrogen functional groups attached to an aromatic ring is 1. The van der Waals surface area contributed by atoms with Gasteiger partial charge in [-0.3, -0.25) is 0 Å². The maximum Gasteiger partial charge on any atom is 0.135 e. The van der Waals surface area contributed by atoms with Crippen LogP contribution in [0.3, 0.4) is 0 Å². The molecular weight excluding hydrogens is 318 g/mol. The van der Waals surface area contributed by atoms with Gasteiger partial charge in [-0.25, -0.2) is 4.68 Å². The Hall–Kier alpha value is -1.74. The second kappa shape index (κ2) is 6.29. The van der Waals surface area contributed by atoms with Crippen LogP contribution in [0, 0.1) is 18.3 Å². The van der Waals surface area contributed by atoms with Gasteiger partial charge < -0.3 is 5.73 Å². The van der Waals surface area contributed by atoms with Crippen molar-refractivity contribution in [1.29, 1.82) is 0 Å². The molecule has 24 heavy (non-hydrogen) atoms. The summed E-state index contributed by atoms with van der Waals surface area (Å²) in [6, 6.07) is 7.64. The number of hydrogen-bond acceptors (Lipinski definition) is 2. The summed E-state index contributed by atoms with van der Waals surface area (Å²) in [4.78, 5) is 0. The van der Waals surface area contributed by atoms with E-state index in [-0.39, 0.29) is 0 Å². The molecule has 1 atom stereocenters. The molecule has 0 saturated carbocycles. The number of benzene rings is 1. The fraction of sp³-hybridized carbons (Fsp3) is 0.450. The molecule has 0 spiro atoms. The molecule has 3 rings (SSSR count). The number of aromatic nitrogens is 2. The monoisotopic (exact) mass is 343 g/mol. The summed E-state index contributed by atoms with van der Waals surface area (Å²) < 4.78 is 1.80. The summed E-state index contributed by atoms with van der Waals surface area (Å²) in [6.07, 6.45) is 5.74. The predicted octanol–water partition coefficient (Wildman–Crippen LogP) is 5.65. The van der Waals surface area contributed by atoms with Gasteiger partial charge in [0.25, 0.3) is 0 Å². The first-order valence-electron chi connectivity index (χ1n) is 8.58. The van der Waals surface area contributed by atoms with E-state index in [1.807, 2.05) is 31.2 Å². The summed E-state index contributed by atoms with van der Waals surface area (Å²) in [7, 11) is 0. The molecule has 1 unspecified atom stereocenters. The zero-order valence-electron chi connectivity index (χ0n) is 14.9. The summed E-state index contributed by atoms with van der Waals surface area (Å²) in [5.41, 5.74) is 11.1. The molecule has 0 fully saturated rings. The van der Waals surface area contributed by atoms with E-state index in [1.54, 1.807) is 4.68 Å². The minimum atomic E-state index is 0.355. The Bertz CT molecular complexity index is 781. The topological polar surface area (TPSA) is 43.8 Å². The minimum Gasteiger partial charge on any atom is -0.383 e. The first kappa shape index (κ1) is 17.1. The highest BCUT2D eigenvalue weighted by Crippen LogP contribution is 2.41. The van der Waals surface area contributed by atoms with Crippen LogP contribution in [-0.4, -0.2) is 9.78 Å². The van der Waals surface area contributed by atoms with Gasteiger partial charge in [0.15, 0.2) is 0 Å².